The second-order valence-electron chi connectivity index (χ2n) is 4.49. The predicted molar refractivity (Wildman–Crippen MR) is 81.6 cm³/mol. The van der Waals surface area contributed by atoms with E-state index in [1.54, 1.807) is 12.1 Å². The first-order valence-corrected chi connectivity index (χ1v) is 7.87. The summed E-state index contributed by atoms with van der Waals surface area (Å²) in [6.45, 7) is 5.18. The van der Waals surface area contributed by atoms with Crippen LogP contribution >= 0.6 is 22.9 Å². The number of aromatic nitrogens is 2. The Morgan fingerprint density at radius 3 is 2.80 bits per heavy atom. The maximum atomic E-state index is 13.5. The van der Waals surface area contributed by atoms with Gasteiger partial charge in [-0.25, -0.2) is 4.39 Å². The van der Waals surface area contributed by atoms with E-state index >= 15 is 0 Å². The van der Waals surface area contributed by atoms with E-state index in [-0.39, 0.29) is 11.1 Å². The Morgan fingerprint density at radius 1 is 1.35 bits per heavy atom. The Labute approximate surface area is 127 Å². The summed E-state index contributed by atoms with van der Waals surface area (Å²) in [5, 5.41) is 13.6. The van der Waals surface area contributed by atoms with Gasteiger partial charge in [-0.3, -0.25) is 0 Å². The van der Waals surface area contributed by atoms with Crippen LogP contribution in [0.1, 0.15) is 37.7 Å². The first kappa shape index (κ1) is 15.4. The molecule has 1 heterocycles. The van der Waals surface area contributed by atoms with Gasteiger partial charge in [0, 0.05) is 5.56 Å². The Balaban J connectivity index is 2.20. The molecule has 2 rings (SSSR count). The third-order valence-electron chi connectivity index (χ3n) is 2.95. The lowest BCUT2D eigenvalue weighted by molar-refractivity contribution is 0.513. The van der Waals surface area contributed by atoms with Crippen LogP contribution in [-0.2, 0) is 0 Å². The van der Waals surface area contributed by atoms with Crippen molar-refractivity contribution in [2.45, 2.75) is 32.7 Å². The molecule has 1 unspecified atom stereocenters. The Kier molecular flexibility index (Phi) is 5.46. The fraction of sp³-hybridized carbons (Fsp3) is 0.429. The molecule has 0 spiro atoms. The van der Waals surface area contributed by atoms with Gasteiger partial charge in [-0.2, -0.15) is 0 Å². The van der Waals surface area contributed by atoms with Crippen LogP contribution in [0.4, 0.5) is 4.39 Å². The van der Waals surface area contributed by atoms with Crippen LogP contribution in [0.25, 0.3) is 10.6 Å². The minimum atomic E-state index is -0.433. The van der Waals surface area contributed by atoms with Crippen molar-refractivity contribution in [2.75, 3.05) is 6.54 Å². The highest BCUT2D eigenvalue weighted by molar-refractivity contribution is 7.14. The Hall–Kier alpha value is -1.04. The van der Waals surface area contributed by atoms with Crippen molar-refractivity contribution in [1.82, 2.24) is 15.5 Å². The summed E-state index contributed by atoms with van der Waals surface area (Å²) in [5.74, 6) is -0.433. The average Bonchev–Trinajstić information content (AvgIpc) is 2.92. The minimum Gasteiger partial charge on any atom is -0.308 e. The van der Waals surface area contributed by atoms with Crippen LogP contribution in [0.15, 0.2) is 18.2 Å². The number of hydrogen-bond donors (Lipinski definition) is 1. The zero-order valence-electron chi connectivity index (χ0n) is 11.5. The summed E-state index contributed by atoms with van der Waals surface area (Å²) >= 11 is 7.17. The van der Waals surface area contributed by atoms with Crippen molar-refractivity contribution in [3.8, 4) is 10.6 Å². The normalized spacial score (nSPS) is 12.6. The maximum absolute atomic E-state index is 13.5. The summed E-state index contributed by atoms with van der Waals surface area (Å²) in [5.41, 5.74) is 0.709. The molecule has 1 atom stereocenters. The molecule has 0 bridgehead atoms. The molecule has 108 valence electrons. The highest BCUT2D eigenvalue weighted by Gasteiger charge is 2.15. The molecule has 2 aromatic rings. The second-order valence-corrected chi connectivity index (χ2v) is 5.91. The smallest absolute Gasteiger partial charge is 0.147 e. The first-order chi connectivity index (χ1) is 9.65. The van der Waals surface area contributed by atoms with Crippen molar-refractivity contribution in [3.63, 3.8) is 0 Å². The Morgan fingerprint density at radius 2 is 2.15 bits per heavy atom. The van der Waals surface area contributed by atoms with Crippen LogP contribution in [0.2, 0.25) is 5.02 Å². The molecule has 0 fully saturated rings. The van der Waals surface area contributed by atoms with Gasteiger partial charge in [0.15, 0.2) is 0 Å². The fourth-order valence-electron chi connectivity index (χ4n) is 1.85. The molecule has 0 saturated heterocycles. The van der Waals surface area contributed by atoms with Crippen LogP contribution in [-0.4, -0.2) is 16.7 Å². The van der Waals surface area contributed by atoms with Crippen molar-refractivity contribution in [1.29, 1.82) is 0 Å². The largest absolute Gasteiger partial charge is 0.308 e. The molecule has 1 N–H and O–H groups in total. The van der Waals surface area contributed by atoms with Gasteiger partial charge in [0.05, 0.1) is 11.1 Å². The third-order valence-corrected chi connectivity index (χ3v) is 4.35. The van der Waals surface area contributed by atoms with E-state index < -0.39 is 5.82 Å². The zero-order valence-corrected chi connectivity index (χ0v) is 13.1. The third kappa shape index (κ3) is 3.53. The van der Waals surface area contributed by atoms with Crippen molar-refractivity contribution >= 4 is 22.9 Å². The van der Waals surface area contributed by atoms with E-state index in [2.05, 4.69) is 29.4 Å². The lowest BCUT2D eigenvalue weighted by Crippen LogP contribution is -2.21. The molecule has 6 heteroatoms. The van der Waals surface area contributed by atoms with Crippen LogP contribution in [0, 0.1) is 5.82 Å². The lowest BCUT2D eigenvalue weighted by Gasteiger charge is -2.12. The van der Waals surface area contributed by atoms with Crippen LogP contribution < -0.4 is 5.32 Å². The van der Waals surface area contributed by atoms with Crippen molar-refractivity contribution < 1.29 is 4.39 Å². The lowest BCUT2D eigenvalue weighted by atomic mass is 10.2. The van der Waals surface area contributed by atoms with E-state index in [1.807, 2.05) is 0 Å². The highest BCUT2D eigenvalue weighted by Crippen LogP contribution is 2.29. The quantitative estimate of drug-likeness (QED) is 0.856. The van der Waals surface area contributed by atoms with Gasteiger partial charge in [-0.1, -0.05) is 42.9 Å². The Bertz CT molecular complexity index is 573. The van der Waals surface area contributed by atoms with Gasteiger partial charge >= 0.3 is 0 Å². The number of nitrogens with one attached hydrogen (secondary N) is 1. The number of hydrogen-bond acceptors (Lipinski definition) is 4. The monoisotopic (exact) mass is 313 g/mol. The average molecular weight is 314 g/mol. The summed E-state index contributed by atoms with van der Waals surface area (Å²) < 4.78 is 13.5. The van der Waals surface area contributed by atoms with E-state index in [0.29, 0.717) is 10.6 Å². The van der Waals surface area contributed by atoms with E-state index in [9.17, 15) is 4.39 Å². The molecule has 0 radical (unpaired) electrons. The molecule has 0 aliphatic rings. The van der Waals surface area contributed by atoms with E-state index in [0.717, 1.165) is 24.4 Å². The fourth-order valence-corrected chi connectivity index (χ4v) is 2.96. The van der Waals surface area contributed by atoms with E-state index in [1.165, 1.54) is 17.4 Å². The molecule has 3 nitrogen and oxygen atoms in total. The van der Waals surface area contributed by atoms with Crippen LogP contribution in [0.3, 0.4) is 0 Å². The molecular formula is C14H17ClFN3S. The number of benzene rings is 1. The van der Waals surface area contributed by atoms with Crippen LogP contribution in [0.5, 0.6) is 0 Å². The number of nitrogens with zero attached hydrogens (tertiary/aromatic N) is 2. The van der Waals surface area contributed by atoms with Crippen molar-refractivity contribution in [3.05, 3.63) is 34.0 Å². The molecule has 0 aliphatic heterocycles. The zero-order chi connectivity index (χ0) is 14.5. The molecule has 0 aliphatic carbocycles. The predicted octanol–water partition coefficient (Wildman–Crippen LogP) is 4.45. The summed E-state index contributed by atoms with van der Waals surface area (Å²) in [6, 6.07) is 4.90. The molecule has 20 heavy (non-hydrogen) atoms. The van der Waals surface area contributed by atoms with Gasteiger partial charge in [-0.15, -0.1) is 10.2 Å². The standard InChI is InChI=1S/C14H17ClFN3S/c1-3-7-17-12(4-2)14-19-18-13(20-14)9-5-6-10(15)11(16)8-9/h5-6,8,12,17H,3-4,7H2,1-2H3. The first-order valence-electron chi connectivity index (χ1n) is 6.67. The molecule has 0 saturated carbocycles. The van der Waals surface area contributed by atoms with Gasteiger partial charge in [0.25, 0.3) is 0 Å². The minimum absolute atomic E-state index is 0.120. The second kappa shape index (κ2) is 7.11. The van der Waals surface area contributed by atoms with Gasteiger partial charge in [0.1, 0.15) is 15.8 Å². The van der Waals surface area contributed by atoms with Gasteiger partial charge in [-0.05, 0) is 31.5 Å². The van der Waals surface area contributed by atoms with E-state index in [4.69, 9.17) is 11.6 Å². The molecule has 1 aromatic carbocycles. The highest BCUT2D eigenvalue weighted by atomic mass is 35.5. The maximum Gasteiger partial charge on any atom is 0.147 e. The number of rotatable bonds is 6. The number of halogens is 2. The topological polar surface area (TPSA) is 37.8 Å². The van der Waals surface area contributed by atoms with Gasteiger partial charge in [0.2, 0.25) is 0 Å². The van der Waals surface area contributed by atoms with Crippen molar-refractivity contribution in [2.24, 2.45) is 0 Å². The molecular weight excluding hydrogens is 297 g/mol. The van der Waals surface area contributed by atoms with Gasteiger partial charge < -0.3 is 5.32 Å². The summed E-state index contributed by atoms with van der Waals surface area (Å²) in [6.07, 6.45) is 2.02. The SMILES string of the molecule is CCCNC(CC)c1nnc(-c2ccc(Cl)c(F)c2)s1. The summed E-state index contributed by atoms with van der Waals surface area (Å²) in [4.78, 5) is 0. The summed E-state index contributed by atoms with van der Waals surface area (Å²) in [7, 11) is 0. The molecule has 0 amide bonds. The molecule has 1 aromatic heterocycles.